The lowest BCUT2D eigenvalue weighted by Gasteiger charge is -2.31. The van der Waals surface area contributed by atoms with Crippen LogP contribution in [0.3, 0.4) is 0 Å². The van der Waals surface area contributed by atoms with Crippen LogP contribution in [0.25, 0.3) is 28.6 Å². The molecule has 0 aliphatic carbocycles. The lowest BCUT2D eigenvalue weighted by Crippen LogP contribution is -2.39. The fourth-order valence-corrected chi connectivity index (χ4v) is 3.65. The molecule has 9 heteroatoms. The molecule has 1 fully saturated rings. The Balaban J connectivity index is 1.64. The van der Waals surface area contributed by atoms with E-state index in [0.29, 0.717) is 16.9 Å². The van der Waals surface area contributed by atoms with Gasteiger partial charge in [-0.2, -0.15) is 23.1 Å². The summed E-state index contributed by atoms with van der Waals surface area (Å²) in [4.78, 5) is 23.5. The normalized spacial score (nSPS) is 13.8. The highest BCUT2D eigenvalue weighted by Crippen LogP contribution is 2.35. The van der Waals surface area contributed by atoms with Crippen LogP contribution in [-0.4, -0.2) is 27.6 Å². The number of nitrogens with zero attached hydrogens (tertiary/aromatic N) is 4. The minimum Gasteiger partial charge on any atom is -0.434 e. The van der Waals surface area contributed by atoms with Crippen LogP contribution in [0, 0.1) is 6.92 Å². The van der Waals surface area contributed by atoms with Crippen LogP contribution in [0.4, 0.5) is 19.0 Å². The van der Waals surface area contributed by atoms with E-state index in [0.717, 1.165) is 37.2 Å². The standard InChI is InChI=1S/C24H19F3N4O2/c1-15-4-2-5-17(14-15)22-29-21(31-13-10-19(28-23(31)32)30-11-3-12-30)20(33-22)16-6-8-18(9-7-16)24(25,26)27/h2,4-10,13-14H,3,11-12H2,1H3. The molecule has 0 radical (unpaired) electrons. The van der Waals surface area contributed by atoms with Crippen LogP contribution in [0.5, 0.6) is 0 Å². The molecule has 33 heavy (non-hydrogen) atoms. The third-order valence-electron chi connectivity index (χ3n) is 5.55. The van der Waals surface area contributed by atoms with Crippen LogP contribution in [-0.2, 0) is 6.18 Å². The highest BCUT2D eigenvalue weighted by Gasteiger charge is 2.30. The predicted octanol–water partition coefficient (Wildman–Crippen LogP) is 5.09. The summed E-state index contributed by atoms with van der Waals surface area (Å²) in [5.41, 5.74) is 0.720. The van der Waals surface area contributed by atoms with Gasteiger partial charge >= 0.3 is 11.9 Å². The molecule has 5 rings (SSSR count). The molecule has 0 spiro atoms. The van der Waals surface area contributed by atoms with Gasteiger partial charge in [0.2, 0.25) is 5.89 Å². The first kappa shape index (κ1) is 21.0. The molecular weight excluding hydrogens is 433 g/mol. The quantitative estimate of drug-likeness (QED) is 0.432. The van der Waals surface area contributed by atoms with E-state index in [4.69, 9.17) is 4.42 Å². The van der Waals surface area contributed by atoms with Gasteiger partial charge in [-0.25, -0.2) is 9.36 Å². The molecule has 2 aromatic carbocycles. The van der Waals surface area contributed by atoms with Crippen molar-refractivity contribution < 1.29 is 17.6 Å². The monoisotopic (exact) mass is 452 g/mol. The molecule has 4 aromatic rings. The van der Waals surface area contributed by atoms with Crippen molar-refractivity contribution in [3.05, 3.63) is 82.4 Å². The summed E-state index contributed by atoms with van der Waals surface area (Å²) in [6.45, 7) is 3.61. The van der Waals surface area contributed by atoms with Crippen molar-refractivity contribution in [2.24, 2.45) is 0 Å². The number of aromatic nitrogens is 3. The lowest BCUT2D eigenvalue weighted by molar-refractivity contribution is -0.137. The Labute approximate surface area is 187 Å². The Morgan fingerprint density at radius 3 is 2.33 bits per heavy atom. The fraction of sp³-hybridized carbons (Fsp3) is 0.208. The summed E-state index contributed by atoms with van der Waals surface area (Å²) in [5, 5.41) is 0. The van der Waals surface area contributed by atoms with E-state index >= 15 is 0 Å². The third-order valence-corrected chi connectivity index (χ3v) is 5.55. The van der Waals surface area contributed by atoms with Crippen LogP contribution < -0.4 is 10.6 Å². The third kappa shape index (κ3) is 4.02. The second-order valence-corrected chi connectivity index (χ2v) is 7.90. The second kappa shape index (κ2) is 7.91. The Kier molecular flexibility index (Phi) is 5.03. The maximum atomic E-state index is 13.0. The molecule has 0 saturated carbocycles. The van der Waals surface area contributed by atoms with E-state index in [-0.39, 0.29) is 17.5 Å². The Morgan fingerprint density at radius 2 is 1.73 bits per heavy atom. The van der Waals surface area contributed by atoms with Crippen molar-refractivity contribution in [2.45, 2.75) is 19.5 Å². The zero-order valence-electron chi connectivity index (χ0n) is 17.6. The zero-order valence-corrected chi connectivity index (χ0v) is 17.6. The lowest BCUT2D eigenvalue weighted by atomic mass is 10.1. The Bertz CT molecular complexity index is 1370. The largest absolute Gasteiger partial charge is 0.434 e. The first-order valence-corrected chi connectivity index (χ1v) is 10.4. The molecular formula is C24H19F3N4O2. The van der Waals surface area contributed by atoms with Crippen molar-refractivity contribution in [3.8, 4) is 28.6 Å². The molecule has 0 amide bonds. The van der Waals surface area contributed by atoms with Crippen LogP contribution in [0.15, 0.2) is 70.0 Å². The van der Waals surface area contributed by atoms with E-state index in [1.54, 1.807) is 12.3 Å². The molecule has 0 bridgehead atoms. The van der Waals surface area contributed by atoms with Crippen LogP contribution >= 0.6 is 0 Å². The van der Waals surface area contributed by atoms with Gasteiger partial charge in [0.15, 0.2) is 11.6 Å². The molecule has 0 unspecified atom stereocenters. The molecule has 168 valence electrons. The average molecular weight is 452 g/mol. The van der Waals surface area contributed by atoms with E-state index in [1.807, 2.05) is 36.1 Å². The molecule has 3 heterocycles. The van der Waals surface area contributed by atoms with Gasteiger partial charge in [-0.15, -0.1) is 0 Å². The molecule has 1 aliphatic heterocycles. The van der Waals surface area contributed by atoms with Gasteiger partial charge in [-0.3, -0.25) is 0 Å². The molecule has 1 saturated heterocycles. The Hall–Kier alpha value is -3.88. The molecule has 0 atom stereocenters. The van der Waals surface area contributed by atoms with Crippen molar-refractivity contribution in [2.75, 3.05) is 18.0 Å². The molecule has 2 aromatic heterocycles. The summed E-state index contributed by atoms with van der Waals surface area (Å²) in [6, 6.07) is 13.7. The first-order chi connectivity index (χ1) is 15.8. The first-order valence-electron chi connectivity index (χ1n) is 10.4. The summed E-state index contributed by atoms with van der Waals surface area (Å²) in [5.74, 6) is 1.18. The van der Waals surface area contributed by atoms with Crippen molar-refractivity contribution in [1.82, 2.24) is 14.5 Å². The molecule has 1 aliphatic rings. The van der Waals surface area contributed by atoms with E-state index < -0.39 is 17.4 Å². The van der Waals surface area contributed by atoms with Crippen molar-refractivity contribution in [3.63, 3.8) is 0 Å². The number of anilines is 1. The number of benzene rings is 2. The average Bonchev–Trinajstić information content (AvgIpc) is 3.17. The predicted molar refractivity (Wildman–Crippen MR) is 117 cm³/mol. The molecule has 0 N–H and O–H groups in total. The van der Waals surface area contributed by atoms with Gasteiger partial charge in [0.25, 0.3) is 0 Å². The van der Waals surface area contributed by atoms with Crippen molar-refractivity contribution >= 4 is 5.82 Å². The van der Waals surface area contributed by atoms with Gasteiger partial charge in [0.05, 0.1) is 5.56 Å². The van der Waals surface area contributed by atoms with Gasteiger partial charge < -0.3 is 9.32 Å². The summed E-state index contributed by atoms with van der Waals surface area (Å²) < 4.78 is 46.3. The smallest absolute Gasteiger partial charge is 0.416 e. The van der Waals surface area contributed by atoms with Crippen LogP contribution in [0.2, 0.25) is 0 Å². The molecule has 6 nitrogen and oxygen atoms in total. The van der Waals surface area contributed by atoms with E-state index in [1.165, 1.54) is 16.7 Å². The summed E-state index contributed by atoms with van der Waals surface area (Å²) in [7, 11) is 0. The highest BCUT2D eigenvalue weighted by atomic mass is 19.4. The Morgan fingerprint density at radius 1 is 0.970 bits per heavy atom. The van der Waals surface area contributed by atoms with E-state index in [2.05, 4.69) is 9.97 Å². The number of hydrogen-bond donors (Lipinski definition) is 0. The maximum Gasteiger partial charge on any atom is 0.416 e. The number of alkyl halides is 3. The maximum absolute atomic E-state index is 13.0. The van der Waals surface area contributed by atoms with Gasteiger partial charge in [-0.1, -0.05) is 29.8 Å². The van der Waals surface area contributed by atoms with Crippen LogP contribution in [0.1, 0.15) is 17.5 Å². The van der Waals surface area contributed by atoms with E-state index in [9.17, 15) is 18.0 Å². The van der Waals surface area contributed by atoms with Gasteiger partial charge in [0.1, 0.15) is 5.82 Å². The van der Waals surface area contributed by atoms with Gasteiger partial charge in [-0.05, 0) is 43.7 Å². The second-order valence-electron chi connectivity index (χ2n) is 7.90. The number of aryl methyl sites for hydroxylation is 1. The topological polar surface area (TPSA) is 64.2 Å². The number of oxazole rings is 1. The van der Waals surface area contributed by atoms with Gasteiger partial charge in [0, 0.05) is 30.4 Å². The van der Waals surface area contributed by atoms with Crippen molar-refractivity contribution in [1.29, 1.82) is 0 Å². The zero-order chi connectivity index (χ0) is 23.2. The summed E-state index contributed by atoms with van der Waals surface area (Å²) in [6.07, 6.45) is -1.84. The number of hydrogen-bond acceptors (Lipinski definition) is 5. The minimum absolute atomic E-state index is 0.166. The number of halogens is 3. The minimum atomic E-state index is -4.46. The summed E-state index contributed by atoms with van der Waals surface area (Å²) >= 11 is 0. The fourth-order valence-electron chi connectivity index (χ4n) is 3.65. The number of rotatable bonds is 4. The SMILES string of the molecule is Cc1cccc(-c2nc(-n3ccc(N4CCC4)nc3=O)c(-c3ccc(C(F)(F)F)cc3)o2)c1. The highest BCUT2D eigenvalue weighted by molar-refractivity contribution is 5.69.